The summed E-state index contributed by atoms with van der Waals surface area (Å²) in [6, 6.07) is 16.2. The minimum Gasteiger partial charge on any atom is -0.369 e. The number of rotatable bonds is 9. The number of piperidine rings is 1. The van der Waals surface area contributed by atoms with Gasteiger partial charge in [-0.2, -0.15) is 9.67 Å². The highest BCUT2D eigenvalue weighted by atomic mass is 19.1. The number of aryl methyl sites for hydroxylation is 2. The van der Waals surface area contributed by atoms with Gasteiger partial charge in [-0.1, -0.05) is 38.1 Å². The molecule has 10 heteroatoms. The van der Waals surface area contributed by atoms with Gasteiger partial charge in [0.05, 0.1) is 11.4 Å². The fourth-order valence-electron chi connectivity index (χ4n) is 6.44. The zero-order valence-corrected chi connectivity index (χ0v) is 24.6. The second-order valence-corrected chi connectivity index (χ2v) is 11.3. The molecule has 2 aromatic heterocycles. The number of nitrogens with one attached hydrogen (secondary N) is 1. The summed E-state index contributed by atoms with van der Waals surface area (Å²) in [6.45, 7) is 8.44. The van der Waals surface area contributed by atoms with E-state index in [1.165, 1.54) is 16.3 Å². The Morgan fingerprint density at radius 1 is 0.976 bits per heavy atom. The summed E-state index contributed by atoms with van der Waals surface area (Å²) in [5.41, 5.74) is 11.6. The third kappa shape index (κ3) is 5.81. The summed E-state index contributed by atoms with van der Waals surface area (Å²) < 4.78 is 17.0. The summed E-state index contributed by atoms with van der Waals surface area (Å²) in [5.74, 6) is 0.704. The summed E-state index contributed by atoms with van der Waals surface area (Å²) in [4.78, 5) is 9.13. The lowest BCUT2D eigenvalue weighted by Gasteiger charge is -2.39. The minimum absolute atomic E-state index is 0.0970. The van der Waals surface area contributed by atoms with Crippen LogP contribution in [0.5, 0.6) is 0 Å². The molecule has 1 saturated heterocycles. The van der Waals surface area contributed by atoms with E-state index in [-0.39, 0.29) is 11.8 Å². The number of nitrogens with two attached hydrogens (primary N) is 1. The maximum atomic E-state index is 15.4. The molecule has 0 unspecified atom stereocenters. The molecule has 3 heterocycles. The molecule has 2 aromatic carbocycles. The van der Waals surface area contributed by atoms with Crippen LogP contribution in [0.4, 0.5) is 27.7 Å². The van der Waals surface area contributed by atoms with Gasteiger partial charge in [0.1, 0.15) is 5.82 Å². The summed E-state index contributed by atoms with van der Waals surface area (Å²) >= 11 is 0. The topological polar surface area (TPSA) is 101 Å². The van der Waals surface area contributed by atoms with Crippen LogP contribution in [0, 0.1) is 5.82 Å². The highest BCUT2D eigenvalue weighted by molar-refractivity contribution is 5.68. The molecule has 2 aliphatic rings. The number of hydrogen-bond acceptors (Lipinski definition) is 8. The lowest BCUT2D eigenvalue weighted by molar-refractivity contribution is 0.169. The monoisotopic (exact) mass is 569 g/mol. The lowest BCUT2D eigenvalue weighted by atomic mass is 10.0. The van der Waals surface area contributed by atoms with Gasteiger partial charge in [-0.3, -0.25) is 0 Å². The van der Waals surface area contributed by atoms with Crippen LogP contribution in [0.25, 0.3) is 17.1 Å². The Labute approximate surface area is 247 Å². The minimum atomic E-state index is -0.264. The molecule has 0 bridgehead atoms. The Balaban J connectivity index is 1.18. The van der Waals surface area contributed by atoms with E-state index >= 15 is 4.39 Å². The predicted octanol–water partition coefficient (Wildman–Crippen LogP) is 5.77. The summed E-state index contributed by atoms with van der Waals surface area (Å²) in [7, 11) is 0. The number of aromatic nitrogens is 5. The second-order valence-electron chi connectivity index (χ2n) is 11.3. The number of nitrogen functional groups attached to an aromatic ring is 1. The molecule has 6 rings (SSSR count). The van der Waals surface area contributed by atoms with Gasteiger partial charge in [0.25, 0.3) is 0 Å². The van der Waals surface area contributed by atoms with E-state index in [1.807, 2.05) is 24.3 Å². The zero-order valence-electron chi connectivity index (χ0n) is 24.6. The molecule has 0 amide bonds. The molecule has 0 atom stereocenters. The van der Waals surface area contributed by atoms with Crippen LogP contribution in [0.2, 0.25) is 0 Å². The van der Waals surface area contributed by atoms with E-state index in [0.717, 1.165) is 87.9 Å². The van der Waals surface area contributed by atoms with Crippen LogP contribution in [0.1, 0.15) is 57.1 Å². The fraction of sp³-hybridized carbons (Fsp3) is 0.438. The van der Waals surface area contributed by atoms with Crippen LogP contribution in [0.3, 0.4) is 0 Å². The zero-order chi connectivity index (χ0) is 29.1. The SMILES string of the molecule is CCCN(CCC)C1CCN(c2ccc(Nc3nc(N)nn3-c3cc4c(nn3)-c3ccccc3CCC4)cc2F)CC1. The summed E-state index contributed by atoms with van der Waals surface area (Å²) in [5, 5.41) is 16.6. The number of halogens is 1. The standard InChI is InChI=1S/C32H40FN9/c1-3-16-40(17-4-2)25-14-18-41(19-15-25)28-13-12-24(21-27(28)33)35-32-36-31(34)39-42(32)29-20-23-10-7-9-22-8-5-6-11-26(22)30(23)38-37-29/h5-6,8,11-13,20-21,25H,3-4,7,9-10,14-19H2,1-2H3,(H3,34,35,36,39). The van der Waals surface area contributed by atoms with Gasteiger partial charge in [0.15, 0.2) is 5.82 Å². The van der Waals surface area contributed by atoms with Gasteiger partial charge in [-0.05, 0) is 93.4 Å². The van der Waals surface area contributed by atoms with Crippen LogP contribution < -0.4 is 16.0 Å². The van der Waals surface area contributed by atoms with Crippen molar-refractivity contribution in [3.63, 3.8) is 0 Å². The van der Waals surface area contributed by atoms with Crippen molar-refractivity contribution in [2.75, 3.05) is 42.1 Å². The number of nitrogens with zero attached hydrogens (tertiary/aromatic N) is 7. The Morgan fingerprint density at radius 3 is 2.50 bits per heavy atom. The Morgan fingerprint density at radius 2 is 1.74 bits per heavy atom. The number of fused-ring (bicyclic) bond motifs is 3. The van der Waals surface area contributed by atoms with Crippen LogP contribution >= 0.6 is 0 Å². The highest BCUT2D eigenvalue weighted by Crippen LogP contribution is 2.32. The third-order valence-corrected chi connectivity index (χ3v) is 8.41. The van der Waals surface area contributed by atoms with Crippen molar-refractivity contribution in [2.24, 2.45) is 0 Å². The van der Waals surface area contributed by atoms with Gasteiger partial charge < -0.3 is 20.9 Å². The predicted molar refractivity (Wildman–Crippen MR) is 166 cm³/mol. The van der Waals surface area contributed by atoms with E-state index in [2.05, 4.69) is 67.4 Å². The van der Waals surface area contributed by atoms with Crippen molar-refractivity contribution in [3.8, 4) is 17.1 Å². The van der Waals surface area contributed by atoms with Crippen molar-refractivity contribution in [1.29, 1.82) is 0 Å². The van der Waals surface area contributed by atoms with Gasteiger partial charge >= 0.3 is 0 Å². The number of benzene rings is 2. The first-order valence-corrected chi connectivity index (χ1v) is 15.3. The molecule has 1 aliphatic heterocycles. The number of hydrogen-bond donors (Lipinski definition) is 2. The van der Waals surface area contributed by atoms with Crippen molar-refractivity contribution in [1.82, 2.24) is 29.9 Å². The van der Waals surface area contributed by atoms with E-state index in [0.29, 0.717) is 29.2 Å². The van der Waals surface area contributed by atoms with Crippen molar-refractivity contribution >= 4 is 23.3 Å². The third-order valence-electron chi connectivity index (χ3n) is 8.41. The Kier molecular flexibility index (Phi) is 8.32. The Bertz CT molecular complexity index is 1520. The van der Waals surface area contributed by atoms with Crippen LogP contribution in [-0.4, -0.2) is 62.1 Å². The van der Waals surface area contributed by atoms with E-state index < -0.39 is 0 Å². The van der Waals surface area contributed by atoms with Crippen molar-refractivity contribution < 1.29 is 4.39 Å². The largest absolute Gasteiger partial charge is 0.369 e. The molecular formula is C32H40FN9. The maximum Gasteiger partial charge on any atom is 0.241 e. The smallest absolute Gasteiger partial charge is 0.241 e. The first-order chi connectivity index (χ1) is 20.5. The van der Waals surface area contributed by atoms with E-state index in [1.54, 1.807) is 0 Å². The van der Waals surface area contributed by atoms with Crippen LogP contribution in [-0.2, 0) is 12.8 Å². The van der Waals surface area contributed by atoms with Gasteiger partial charge in [0.2, 0.25) is 11.9 Å². The first-order valence-electron chi connectivity index (χ1n) is 15.3. The molecule has 0 spiro atoms. The fourth-order valence-corrected chi connectivity index (χ4v) is 6.44. The average Bonchev–Trinajstić information content (AvgIpc) is 3.26. The normalized spacial score (nSPS) is 15.4. The summed E-state index contributed by atoms with van der Waals surface area (Å²) in [6.07, 6.45) is 7.34. The van der Waals surface area contributed by atoms with E-state index in [4.69, 9.17) is 5.73 Å². The molecular weight excluding hydrogens is 529 g/mol. The quantitative estimate of drug-likeness (QED) is 0.262. The molecule has 0 saturated carbocycles. The van der Waals surface area contributed by atoms with E-state index in [9.17, 15) is 0 Å². The maximum absolute atomic E-state index is 15.4. The van der Waals surface area contributed by atoms with Crippen molar-refractivity contribution in [3.05, 3.63) is 65.5 Å². The van der Waals surface area contributed by atoms with Crippen LogP contribution in [0.15, 0.2) is 48.5 Å². The molecule has 0 radical (unpaired) electrons. The van der Waals surface area contributed by atoms with Crippen molar-refractivity contribution in [2.45, 2.75) is 64.8 Å². The van der Waals surface area contributed by atoms with Gasteiger partial charge in [-0.25, -0.2) is 4.39 Å². The molecule has 9 nitrogen and oxygen atoms in total. The first kappa shape index (κ1) is 28.1. The number of anilines is 4. The molecule has 220 valence electrons. The van der Waals surface area contributed by atoms with Gasteiger partial charge in [0, 0.05) is 30.4 Å². The Hall–Kier alpha value is -4.05. The molecule has 1 aliphatic carbocycles. The van der Waals surface area contributed by atoms with Gasteiger partial charge in [-0.15, -0.1) is 15.3 Å². The highest BCUT2D eigenvalue weighted by Gasteiger charge is 2.25. The molecule has 3 N–H and O–H groups in total. The average molecular weight is 570 g/mol. The lowest BCUT2D eigenvalue weighted by Crippen LogP contribution is -2.45. The second kappa shape index (κ2) is 12.4. The molecule has 42 heavy (non-hydrogen) atoms. The molecule has 4 aromatic rings. The molecule has 1 fully saturated rings.